The van der Waals surface area contributed by atoms with Gasteiger partial charge in [0.25, 0.3) is 0 Å². The summed E-state index contributed by atoms with van der Waals surface area (Å²) in [5.41, 5.74) is 2.83. The minimum atomic E-state index is -0.158. The van der Waals surface area contributed by atoms with Gasteiger partial charge in [-0.05, 0) is 30.2 Å². The Hall–Kier alpha value is -2.56. The Balaban J connectivity index is 1.77. The molecule has 0 radical (unpaired) electrons. The highest BCUT2D eigenvalue weighted by Crippen LogP contribution is 2.54. The first-order chi connectivity index (χ1) is 11.1. The van der Waals surface area contributed by atoms with Crippen molar-refractivity contribution in [3.05, 3.63) is 41.0 Å². The third-order valence-corrected chi connectivity index (χ3v) is 4.62. The second-order valence-electron chi connectivity index (χ2n) is 5.91. The van der Waals surface area contributed by atoms with E-state index in [1.54, 1.807) is 13.2 Å². The van der Waals surface area contributed by atoms with E-state index >= 15 is 0 Å². The van der Waals surface area contributed by atoms with E-state index in [2.05, 4.69) is 6.92 Å². The molecule has 0 fully saturated rings. The van der Waals surface area contributed by atoms with Crippen LogP contribution < -0.4 is 18.9 Å². The lowest BCUT2D eigenvalue weighted by atomic mass is 9.89. The first-order valence-electron chi connectivity index (χ1n) is 7.56. The first-order valence-corrected chi connectivity index (χ1v) is 7.56. The summed E-state index contributed by atoms with van der Waals surface area (Å²) in [5.74, 6) is 3.06. The first kappa shape index (κ1) is 14.1. The Morgan fingerprint density at radius 3 is 2.74 bits per heavy atom. The number of aromatic hydroxyl groups is 1. The molecule has 0 spiro atoms. The molecule has 23 heavy (non-hydrogen) atoms. The van der Waals surface area contributed by atoms with Crippen LogP contribution in [0.4, 0.5) is 0 Å². The quantitative estimate of drug-likeness (QED) is 0.916. The fourth-order valence-corrected chi connectivity index (χ4v) is 3.39. The molecule has 2 aromatic carbocycles. The highest BCUT2D eigenvalue weighted by atomic mass is 16.7. The molecule has 0 aromatic heterocycles. The molecular formula is C18H18O5. The lowest BCUT2D eigenvalue weighted by Gasteiger charge is -2.16. The molecule has 2 aromatic rings. The summed E-state index contributed by atoms with van der Waals surface area (Å²) in [7, 11) is 1.58. The molecule has 0 aliphatic carbocycles. The van der Waals surface area contributed by atoms with Gasteiger partial charge < -0.3 is 24.1 Å². The molecule has 0 bridgehead atoms. The predicted molar refractivity (Wildman–Crippen MR) is 83.7 cm³/mol. The molecule has 2 atom stereocenters. The van der Waals surface area contributed by atoms with Gasteiger partial charge in [-0.25, -0.2) is 0 Å². The number of phenolic OH excluding ortho intramolecular Hbond substituents is 1. The van der Waals surface area contributed by atoms with Crippen LogP contribution in [0.3, 0.4) is 0 Å². The Kier molecular flexibility index (Phi) is 3.04. The van der Waals surface area contributed by atoms with E-state index < -0.39 is 0 Å². The molecular weight excluding hydrogens is 296 g/mol. The van der Waals surface area contributed by atoms with Gasteiger partial charge in [0.05, 0.1) is 7.11 Å². The summed E-state index contributed by atoms with van der Waals surface area (Å²) >= 11 is 0. The molecule has 5 heteroatoms. The molecule has 5 nitrogen and oxygen atoms in total. The normalized spacial score (nSPS) is 21.0. The van der Waals surface area contributed by atoms with E-state index in [9.17, 15) is 5.11 Å². The summed E-state index contributed by atoms with van der Waals surface area (Å²) in [4.78, 5) is 0. The van der Waals surface area contributed by atoms with E-state index in [0.717, 1.165) is 28.2 Å². The molecule has 120 valence electrons. The van der Waals surface area contributed by atoms with Gasteiger partial charge in [-0.2, -0.15) is 0 Å². The van der Waals surface area contributed by atoms with Crippen molar-refractivity contribution in [3.8, 4) is 28.7 Å². The third-order valence-electron chi connectivity index (χ3n) is 4.62. The van der Waals surface area contributed by atoms with Crippen LogP contribution in [0.15, 0.2) is 24.3 Å². The summed E-state index contributed by atoms with van der Waals surface area (Å²) in [6, 6.07) is 7.44. The Morgan fingerprint density at radius 1 is 1.17 bits per heavy atom. The van der Waals surface area contributed by atoms with Gasteiger partial charge in [0.15, 0.2) is 23.0 Å². The molecule has 0 amide bonds. The standard InChI is InChI=1S/C18H18O5/c1-9-12(19)7-15(20-3)18-16(9)10(2)17(23-18)11-4-5-13-14(6-11)22-8-21-13/h4-7,10,17,19H,8H2,1-3H3/t10-,17-/m0/s1. The number of hydrogen-bond donors (Lipinski definition) is 1. The lowest BCUT2D eigenvalue weighted by Crippen LogP contribution is -2.07. The zero-order valence-electron chi connectivity index (χ0n) is 13.3. The van der Waals surface area contributed by atoms with Gasteiger partial charge >= 0.3 is 0 Å². The van der Waals surface area contributed by atoms with Gasteiger partial charge in [-0.3, -0.25) is 0 Å². The number of ether oxygens (including phenoxy) is 4. The maximum atomic E-state index is 10.1. The summed E-state index contributed by atoms with van der Waals surface area (Å²) in [6.07, 6.45) is -0.158. The molecule has 0 saturated carbocycles. The SMILES string of the molecule is COc1cc(O)c(C)c2c1O[C@H](c1ccc3c(c1)OCO3)[C@H]2C. The molecule has 4 rings (SSSR count). The van der Waals surface area contributed by atoms with E-state index in [0.29, 0.717) is 11.5 Å². The van der Waals surface area contributed by atoms with Crippen molar-refractivity contribution in [1.82, 2.24) is 0 Å². The van der Waals surface area contributed by atoms with Crippen LogP contribution in [0, 0.1) is 6.92 Å². The van der Waals surface area contributed by atoms with Crippen LogP contribution in [0.2, 0.25) is 0 Å². The highest BCUT2D eigenvalue weighted by Gasteiger charge is 2.37. The summed E-state index contributed by atoms with van der Waals surface area (Å²) < 4.78 is 22.4. The van der Waals surface area contributed by atoms with Gasteiger partial charge in [0.1, 0.15) is 11.9 Å². The van der Waals surface area contributed by atoms with Gasteiger partial charge in [-0.15, -0.1) is 0 Å². The molecule has 1 N–H and O–H groups in total. The Bertz CT molecular complexity index is 783. The second kappa shape index (κ2) is 4.98. The van der Waals surface area contributed by atoms with Crippen LogP contribution in [-0.4, -0.2) is 19.0 Å². The van der Waals surface area contributed by atoms with Crippen LogP contribution in [0.5, 0.6) is 28.7 Å². The van der Waals surface area contributed by atoms with Crippen molar-refractivity contribution < 1.29 is 24.1 Å². The van der Waals surface area contributed by atoms with E-state index in [1.807, 2.05) is 25.1 Å². The second-order valence-corrected chi connectivity index (χ2v) is 5.91. The number of rotatable bonds is 2. The minimum absolute atomic E-state index is 0.0892. The Labute approximate surface area is 134 Å². The number of phenols is 1. The number of benzene rings is 2. The van der Waals surface area contributed by atoms with Crippen molar-refractivity contribution in [2.45, 2.75) is 25.9 Å². The number of hydrogen-bond acceptors (Lipinski definition) is 5. The maximum Gasteiger partial charge on any atom is 0.231 e. The molecule has 2 aliphatic rings. The van der Waals surface area contributed by atoms with Gasteiger partial charge in [-0.1, -0.05) is 13.0 Å². The van der Waals surface area contributed by atoms with Crippen molar-refractivity contribution in [3.63, 3.8) is 0 Å². The minimum Gasteiger partial charge on any atom is -0.508 e. The van der Waals surface area contributed by atoms with Crippen LogP contribution in [-0.2, 0) is 0 Å². The summed E-state index contributed by atoms with van der Waals surface area (Å²) in [5, 5.41) is 10.1. The van der Waals surface area contributed by atoms with Crippen LogP contribution in [0.1, 0.15) is 35.6 Å². The molecule has 0 unspecified atom stereocenters. The van der Waals surface area contributed by atoms with E-state index in [-0.39, 0.29) is 24.6 Å². The van der Waals surface area contributed by atoms with E-state index in [1.165, 1.54) is 0 Å². The highest BCUT2D eigenvalue weighted by molar-refractivity contribution is 5.61. The fraction of sp³-hybridized carbons (Fsp3) is 0.333. The largest absolute Gasteiger partial charge is 0.508 e. The molecule has 2 heterocycles. The van der Waals surface area contributed by atoms with Crippen molar-refractivity contribution >= 4 is 0 Å². The predicted octanol–water partition coefficient (Wildman–Crippen LogP) is 3.68. The Morgan fingerprint density at radius 2 is 1.96 bits per heavy atom. The zero-order valence-corrected chi connectivity index (χ0v) is 13.3. The maximum absolute atomic E-state index is 10.1. The molecule has 2 aliphatic heterocycles. The van der Waals surface area contributed by atoms with Crippen LogP contribution in [0.25, 0.3) is 0 Å². The van der Waals surface area contributed by atoms with Crippen molar-refractivity contribution in [2.24, 2.45) is 0 Å². The number of methoxy groups -OCH3 is 1. The third kappa shape index (κ3) is 2.00. The number of fused-ring (bicyclic) bond motifs is 2. The monoisotopic (exact) mass is 314 g/mol. The summed E-state index contributed by atoms with van der Waals surface area (Å²) in [6.45, 7) is 4.24. The fourth-order valence-electron chi connectivity index (χ4n) is 3.39. The van der Waals surface area contributed by atoms with Crippen molar-refractivity contribution in [2.75, 3.05) is 13.9 Å². The lowest BCUT2D eigenvalue weighted by molar-refractivity contribution is 0.173. The average Bonchev–Trinajstić information content (AvgIpc) is 3.14. The zero-order chi connectivity index (χ0) is 16.1. The molecule has 0 saturated heterocycles. The van der Waals surface area contributed by atoms with Gasteiger partial charge in [0, 0.05) is 17.5 Å². The van der Waals surface area contributed by atoms with Gasteiger partial charge in [0.2, 0.25) is 6.79 Å². The van der Waals surface area contributed by atoms with Crippen molar-refractivity contribution in [1.29, 1.82) is 0 Å². The van der Waals surface area contributed by atoms with Crippen LogP contribution >= 0.6 is 0 Å². The topological polar surface area (TPSA) is 57.2 Å². The van der Waals surface area contributed by atoms with E-state index in [4.69, 9.17) is 18.9 Å². The smallest absolute Gasteiger partial charge is 0.231 e. The average molecular weight is 314 g/mol.